The van der Waals surface area contributed by atoms with E-state index >= 15 is 0 Å². The molecule has 0 unspecified atom stereocenters. The zero-order chi connectivity index (χ0) is 15.9. The van der Waals surface area contributed by atoms with Crippen LogP contribution in [0.15, 0.2) is 47.6 Å². The fourth-order valence-electron chi connectivity index (χ4n) is 1.89. The Morgan fingerprint density at radius 3 is 2.59 bits per heavy atom. The molecular weight excluding hydrogens is 276 g/mol. The van der Waals surface area contributed by atoms with Crippen molar-refractivity contribution in [3.8, 4) is 5.75 Å². The number of hydrogen-bond acceptors (Lipinski definition) is 3. The Balaban J connectivity index is 1.83. The highest BCUT2D eigenvalue weighted by Gasteiger charge is 2.02. The molecule has 2 aromatic rings. The molecule has 0 saturated carbocycles. The third-order valence-corrected chi connectivity index (χ3v) is 3.43. The van der Waals surface area contributed by atoms with Gasteiger partial charge in [0.15, 0.2) is 6.61 Å². The number of hydrazone groups is 1. The number of rotatable bonds is 5. The second-order valence-electron chi connectivity index (χ2n) is 5.18. The number of hydrogen-bond donors (Lipinski definition) is 1. The van der Waals surface area contributed by atoms with E-state index in [0.717, 1.165) is 16.7 Å². The molecule has 1 N–H and O–H groups in total. The molecule has 0 aromatic heterocycles. The van der Waals surface area contributed by atoms with E-state index in [1.54, 1.807) is 6.21 Å². The van der Waals surface area contributed by atoms with E-state index in [4.69, 9.17) is 4.74 Å². The molecule has 4 heteroatoms. The highest BCUT2D eigenvalue weighted by atomic mass is 16.5. The van der Waals surface area contributed by atoms with Crippen LogP contribution in [0.5, 0.6) is 5.75 Å². The molecule has 0 spiro atoms. The third-order valence-electron chi connectivity index (χ3n) is 3.43. The van der Waals surface area contributed by atoms with Gasteiger partial charge in [0.1, 0.15) is 5.75 Å². The van der Waals surface area contributed by atoms with Crippen LogP contribution in [0.25, 0.3) is 0 Å². The van der Waals surface area contributed by atoms with E-state index in [1.807, 2.05) is 63.2 Å². The van der Waals surface area contributed by atoms with Gasteiger partial charge in [0, 0.05) is 0 Å². The highest BCUT2D eigenvalue weighted by Crippen LogP contribution is 2.16. The van der Waals surface area contributed by atoms with Crippen molar-refractivity contribution in [1.82, 2.24) is 5.43 Å². The van der Waals surface area contributed by atoms with Crippen LogP contribution in [0.2, 0.25) is 0 Å². The van der Waals surface area contributed by atoms with E-state index in [2.05, 4.69) is 10.5 Å². The van der Waals surface area contributed by atoms with Crippen molar-refractivity contribution in [2.75, 3.05) is 6.61 Å². The van der Waals surface area contributed by atoms with Crippen molar-refractivity contribution in [1.29, 1.82) is 0 Å². The Labute approximate surface area is 130 Å². The molecule has 0 saturated heterocycles. The van der Waals surface area contributed by atoms with Gasteiger partial charge < -0.3 is 4.74 Å². The average molecular weight is 296 g/mol. The van der Waals surface area contributed by atoms with Gasteiger partial charge in [-0.15, -0.1) is 0 Å². The summed E-state index contributed by atoms with van der Waals surface area (Å²) in [6, 6.07) is 13.6. The summed E-state index contributed by atoms with van der Waals surface area (Å²) in [7, 11) is 0. The number of benzene rings is 2. The molecule has 0 heterocycles. The number of amides is 1. The SMILES string of the molecule is Cc1ccc(OCC(=O)NN=Cc2ccccc2C)cc1C. The number of aryl methyl sites for hydroxylation is 3. The quantitative estimate of drug-likeness (QED) is 0.680. The van der Waals surface area contributed by atoms with E-state index < -0.39 is 0 Å². The molecule has 0 aliphatic rings. The highest BCUT2D eigenvalue weighted by molar-refractivity contribution is 5.84. The molecule has 2 aromatic carbocycles. The zero-order valence-corrected chi connectivity index (χ0v) is 13.1. The first-order chi connectivity index (χ1) is 10.6. The summed E-state index contributed by atoms with van der Waals surface area (Å²) in [6.45, 7) is 5.97. The van der Waals surface area contributed by atoms with Gasteiger partial charge in [0.05, 0.1) is 6.21 Å². The van der Waals surface area contributed by atoms with Crippen LogP contribution in [-0.2, 0) is 4.79 Å². The van der Waals surface area contributed by atoms with Crippen LogP contribution in [0.3, 0.4) is 0 Å². The molecule has 114 valence electrons. The molecule has 4 nitrogen and oxygen atoms in total. The second-order valence-corrected chi connectivity index (χ2v) is 5.18. The summed E-state index contributed by atoms with van der Waals surface area (Å²) < 4.78 is 5.44. The van der Waals surface area contributed by atoms with Gasteiger partial charge >= 0.3 is 0 Å². The zero-order valence-electron chi connectivity index (χ0n) is 13.1. The van der Waals surface area contributed by atoms with Crippen LogP contribution in [0.1, 0.15) is 22.3 Å². The lowest BCUT2D eigenvalue weighted by Gasteiger charge is -2.07. The number of nitrogens with zero attached hydrogens (tertiary/aromatic N) is 1. The predicted molar refractivity (Wildman–Crippen MR) is 88.3 cm³/mol. The maximum absolute atomic E-state index is 11.7. The summed E-state index contributed by atoms with van der Waals surface area (Å²) in [5.74, 6) is 0.393. The van der Waals surface area contributed by atoms with Gasteiger partial charge in [0.25, 0.3) is 5.91 Å². The minimum atomic E-state index is -0.289. The van der Waals surface area contributed by atoms with Crippen molar-refractivity contribution in [3.63, 3.8) is 0 Å². The van der Waals surface area contributed by atoms with Crippen molar-refractivity contribution in [2.45, 2.75) is 20.8 Å². The van der Waals surface area contributed by atoms with Gasteiger partial charge in [-0.3, -0.25) is 4.79 Å². The Bertz CT molecular complexity index is 693. The van der Waals surface area contributed by atoms with Crippen LogP contribution >= 0.6 is 0 Å². The minimum Gasteiger partial charge on any atom is -0.484 e. The van der Waals surface area contributed by atoms with E-state index in [-0.39, 0.29) is 12.5 Å². The smallest absolute Gasteiger partial charge is 0.277 e. The van der Waals surface area contributed by atoms with Gasteiger partial charge in [-0.1, -0.05) is 30.3 Å². The van der Waals surface area contributed by atoms with Crippen molar-refractivity contribution < 1.29 is 9.53 Å². The lowest BCUT2D eigenvalue weighted by atomic mass is 10.1. The van der Waals surface area contributed by atoms with Crippen LogP contribution in [0.4, 0.5) is 0 Å². The molecule has 0 aliphatic heterocycles. The summed E-state index contributed by atoms with van der Waals surface area (Å²) in [4.78, 5) is 11.7. The molecule has 0 aliphatic carbocycles. The van der Waals surface area contributed by atoms with Gasteiger partial charge in [0.2, 0.25) is 0 Å². The predicted octanol–water partition coefficient (Wildman–Crippen LogP) is 3.14. The minimum absolute atomic E-state index is 0.0619. The number of carbonyl (C=O) groups is 1. The van der Waals surface area contributed by atoms with Gasteiger partial charge in [-0.25, -0.2) is 5.43 Å². The first-order valence-electron chi connectivity index (χ1n) is 7.14. The number of carbonyl (C=O) groups excluding carboxylic acids is 1. The monoisotopic (exact) mass is 296 g/mol. The number of nitrogens with one attached hydrogen (secondary N) is 1. The maximum Gasteiger partial charge on any atom is 0.277 e. The van der Waals surface area contributed by atoms with Gasteiger partial charge in [-0.2, -0.15) is 5.10 Å². The number of ether oxygens (including phenoxy) is 1. The van der Waals surface area contributed by atoms with Crippen molar-refractivity contribution >= 4 is 12.1 Å². The Morgan fingerprint density at radius 2 is 1.86 bits per heavy atom. The summed E-state index contributed by atoms with van der Waals surface area (Å²) in [5.41, 5.74) is 6.86. The van der Waals surface area contributed by atoms with Crippen molar-refractivity contribution in [2.24, 2.45) is 5.10 Å². The molecule has 0 radical (unpaired) electrons. The lowest BCUT2D eigenvalue weighted by molar-refractivity contribution is -0.123. The molecule has 1 amide bonds. The molecule has 0 fully saturated rings. The molecule has 2 rings (SSSR count). The lowest BCUT2D eigenvalue weighted by Crippen LogP contribution is -2.24. The fraction of sp³-hybridized carbons (Fsp3) is 0.222. The van der Waals surface area contributed by atoms with E-state index in [0.29, 0.717) is 5.75 Å². The summed E-state index contributed by atoms with van der Waals surface area (Å²) in [6.07, 6.45) is 1.63. The maximum atomic E-state index is 11.7. The van der Waals surface area contributed by atoms with Crippen LogP contribution in [0, 0.1) is 20.8 Å². The fourth-order valence-corrected chi connectivity index (χ4v) is 1.89. The van der Waals surface area contributed by atoms with Crippen LogP contribution < -0.4 is 10.2 Å². The van der Waals surface area contributed by atoms with E-state index in [9.17, 15) is 4.79 Å². The largest absolute Gasteiger partial charge is 0.484 e. The average Bonchev–Trinajstić information content (AvgIpc) is 2.50. The van der Waals surface area contributed by atoms with E-state index in [1.165, 1.54) is 5.56 Å². The summed E-state index contributed by atoms with van der Waals surface area (Å²) >= 11 is 0. The van der Waals surface area contributed by atoms with Crippen molar-refractivity contribution in [3.05, 3.63) is 64.7 Å². The molecule has 0 bridgehead atoms. The first kappa shape index (κ1) is 15.8. The normalized spacial score (nSPS) is 10.7. The standard InChI is InChI=1S/C18H20N2O2/c1-13-8-9-17(10-15(13)3)22-12-18(21)20-19-11-16-7-5-4-6-14(16)2/h4-11H,12H2,1-3H3,(H,20,21). The first-order valence-corrected chi connectivity index (χ1v) is 7.14. The second kappa shape index (κ2) is 7.41. The van der Waals surface area contributed by atoms with Crippen LogP contribution in [-0.4, -0.2) is 18.7 Å². The van der Waals surface area contributed by atoms with Gasteiger partial charge in [-0.05, 0) is 55.2 Å². The molecular formula is C18H20N2O2. The summed E-state index contributed by atoms with van der Waals surface area (Å²) in [5, 5.41) is 3.94. The Hall–Kier alpha value is -2.62. The molecule has 0 atom stereocenters. The third kappa shape index (κ3) is 4.45. The Kier molecular flexibility index (Phi) is 5.31. The molecule has 22 heavy (non-hydrogen) atoms. The Morgan fingerprint density at radius 1 is 1.09 bits per heavy atom. The topological polar surface area (TPSA) is 50.7 Å².